The standard InChI is InChI=1S/C51H49N7O4/c1-50(2,3)62-49(61)52-34-33-46(59)53-44-32-31-38-17-13-16-26-45(38)57(48(44)60)35-36-27-29-37(30-28-36)42-24-14-15-25-43(42)47-54-55-56-58(47)51(39-18-7-4-8-19-39,40-20-9-5-10-21-40)41-22-11-6-12-23-41/h4-30,44H,31-35H2,1-3H3,(H,52,61)(H,53,59)/t44-/m1/s1. The van der Waals surface area contributed by atoms with Crippen molar-refractivity contribution in [2.45, 2.75) is 63.8 Å². The molecule has 7 aromatic rings. The van der Waals surface area contributed by atoms with Gasteiger partial charge in [0.1, 0.15) is 17.2 Å². The fourth-order valence-corrected chi connectivity index (χ4v) is 8.26. The molecule has 1 aliphatic heterocycles. The van der Waals surface area contributed by atoms with E-state index in [4.69, 9.17) is 15.0 Å². The van der Waals surface area contributed by atoms with E-state index in [1.807, 2.05) is 114 Å². The summed E-state index contributed by atoms with van der Waals surface area (Å²) in [5.74, 6) is 0.0815. The zero-order valence-electron chi connectivity index (χ0n) is 35.1. The molecule has 0 bridgehead atoms. The highest BCUT2D eigenvalue weighted by atomic mass is 16.6. The summed E-state index contributed by atoms with van der Waals surface area (Å²) in [6, 6.07) is 54.4. The lowest BCUT2D eigenvalue weighted by molar-refractivity contribution is -0.127. The van der Waals surface area contributed by atoms with E-state index < -0.39 is 23.3 Å². The van der Waals surface area contributed by atoms with Crippen molar-refractivity contribution < 1.29 is 19.1 Å². The van der Waals surface area contributed by atoms with Crippen molar-refractivity contribution in [3.8, 4) is 22.5 Å². The van der Waals surface area contributed by atoms with Gasteiger partial charge in [0.25, 0.3) is 0 Å². The van der Waals surface area contributed by atoms with Gasteiger partial charge in [-0.3, -0.25) is 9.59 Å². The van der Waals surface area contributed by atoms with Crippen LogP contribution in [0.15, 0.2) is 164 Å². The van der Waals surface area contributed by atoms with Crippen LogP contribution in [0.2, 0.25) is 0 Å². The van der Waals surface area contributed by atoms with Gasteiger partial charge in [-0.25, -0.2) is 9.48 Å². The van der Waals surface area contributed by atoms with Crippen molar-refractivity contribution >= 4 is 23.6 Å². The number of carbonyl (C=O) groups is 3. The molecule has 11 nitrogen and oxygen atoms in total. The first-order valence-electron chi connectivity index (χ1n) is 20.9. The molecule has 0 spiro atoms. The third-order valence-electron chi connectivity index (χ3n) is 11.0. The number of amides is 3. The zero-order valence-corrected chi connectivity index (χ0v) is 35.1. The largest absolute Gasteiger partial charge is 0.444 e. The van der Waals surface area contributed by atoms with Crippen LogP contribution in [0.1, 0.15) is 61.4 Å². The van der Waals surface area contributed by atoms with Crippen molar-refractivity contribution in [2.75, 3.05) is 11.4 Å². The second kappa shape index (κ2) is 18.1. The lowest BCUT2D eigenvalue weighted by Crippen LogP contribution is -2.48. The van der Waals surface area contributed by atoms with Crippen LogP contribution in [0.4, 0.5) is 10.5 Å². The Hall–Kier alpha value is -7.40. The number of hydrogen-bond donors (Lipinski definition) is 2. The third kappa shape index (κ3) is 8.74. The van der Waals surface area contributed by atoms with Gasteiger partial charge in [0.05, 0.1) is 6.54 Å². The Balaban J connectivity index is 1.08. The molecule has 3 amide bonds. The van der Waals surface area contributed by atoms with E-state index in [1.165, 1.54) is 0 Å². The summed E-state index contributed by atoms with van der Waals surface area (Å²) in [5, 5.41) is 19.4. The topological polar surface area (TPSA) is 131 Å². The number of rotatable bonds is 12. The molecule has 2 heterocycles. The molecule has 0 unspecified atom stereocenters. The fraction of sp³-hybridized carbons (Fsp3) is 0.216. The number of nitrogens with one attached hydrogen (secondary N) is 2. The second-order valence-electron chi connectivity index (χ2n) is 16.4. The number of aromatic nitrogens is 4. The van der Waals surface area contributed by atoms with Gasteiger partial charge in [0.2, 0.25) is 11.8 Å². The van der Waals surface area contributed by atoms with Crippen LogP contribution in [0.5, 0.6) is 0 Å². The number of tetrazole rings is 1. The Kier molecular flexibility index (Phi) is 12.0. The minimum Gasteiger partial charge on any atom is -0.444 e. The molecule has 2 N–H and O–H groups in total. The summed E-state index contributed by atoms with van der Waals surface area (Å²) in [6.45, 7) is 5.71. The molecule has 62 heavy (non-hydrogen) atoms. The molecule has 1 atom stereocenters. The molecular formula is C51H49N7O4. The Morgan fingerprint density at radius 1 is 0.710 bits per heavy atom. The molecule has 0 fully saturated rings. The van der Waals surface area contributed by atoms with Crippen LogP contribution >= 0.6 is 0 Å². The number of para-hydroxylation sites is 1. The van der Waals surface area contributed by atoms with Crippen LogP contribution in [0.3, 0.4) is 0 Å². The van der Waals surface area contributed by atoms with Crippen molar-refractivity contribution in [3.63, 3.8) is 0 Å². The Morgan fingerprint density at radius 2 is 1.27 bits per heavy atom. The summed E-state index contributed by atoms with van der Waals surface area (Å²) < 4.78 is 7.22. The number of alkyl carbamates (subject to hydrolysis) is 1. The predicted molar refractivity (Wildman–Crippen MR) is 240 cm³/mol. The van der Waals surface area contributed by atoms with Gasteiger partial charge in [-0.15, -0.1) is 5.10 Å². The highest BCUT2D eigenvalue weighted by molar-refractivity contribution is 6.00. The third-order valence-corrected chi connectivity index (χ3v) is 11.0. The van der Waals surface area contributed by atoms with Crippen molar-refractivity contribution in [1.29, 1.82) is 0 Å². The van der Waals surface area contributed by atoms with E-state index in [0.29, 0.717) is 25.2 Å². The molecular weight excluding hydrogens is 775 g/mol. The molecule has 8 rings (SSSR count). The normalized spacial score (nSPS) is 14.1. The molecule has 6 aromatic carbocycles. The van der Waals surface area contributed by atoms with Gasteiger partial charge >= 0.3 is 6.09 Å². The van der Waals surface area contributed by atoms with Gasteiger partial charge < -0.3 is 20.3 Å². The molecule has 312 valence electrons. The predicted octanol–water partition coefficient (Wildman–Crippen LogP) is 8.73. The minimum atomic E-state index is -0.913. The Morgan fingerprint density at radius 3 is 1.89 bits per heavy atom. The van der Waals surface area contributed by atoms with Gasteiger partial charge in [-0.1, -0.05) is 158 Å². The first-order valence-corrected chi connectivity index (χ1v) is 20.9. The summed E-state index contributed by atoms with van der Waals surface area (Å²) in [7, 11) is 0. The molecule has 0 saturated carbocycles. The maximum Gasteiger partial charge on any atom is 0.407 e. The van der Waals surface area contributed by atoms with Crippen LogP contribution in [-0.2, 0) is 32.8 Å². The molecule has 11 heteroatoms. The van der Waals surface area contributed by atoms with Crippen LogP contribution in [-0.4, -0.2) is 56.3 Å². The van der Waals surface area contributed by atoms with E-state index >= 15 is 0 Å². The van der Waals surface area contributed by atoms with Crippen molar-refractivity contribution in [3.05, 3.63) is 192 Å². The maximum absolute atomic E-state index is 14.3. The number of carbonyl (C=O) groups excluding carboxylic acids is 3. The van der Waals surface area contributed by atoms with E-state index in [0.717, 1.165) is 50.2 Å². The zero-order chi connectivity index (χ0) is 43.1. The maximum atomic E-state index is 14.3. The lowest BCUT2D eigenvalue weighted by Gasteiger charge is -2.36. The van der Waals surface area contributed by atoms with Crippen molar-refractivity contribution in [1.82, 2.24) is 30.8 Å². The number of fused-ring (bicyclic) bond motifs is 1. The van der Waals surface area contributed by atoms with Gasteiger partial charge in [0.15, 0.2) is 5.82 Å². The van der Waals surface area contributed by atoms with E-state index in [9.17, 15) is 14.4 Å². The molecule has 0 aliphatic carbocycles. The van der Waals surface area contributed by atoms with Crippen LogP contribution in [0, 0.1) is 0 Å². The van der Waals surface area contributed by atoms with E-state index in [2.05, 4.69) is 70.4 Å². The number of benzene rings is 6. The lowest BCUT2D eigenvalue weighted by atomic mass is 9.77. The molecule has 0 saturated heterocycles. The first kappa shape index (κ1) is 41.3. The van der Waals surface area contributed by atoms with Crippen LogP contribution in [0.25, 0.3) is 22.5 Å². The molecule has 1 aliphatic rings. The number of aryl methyl sites for hydroxylation is 1. The Labute approximate surface area is 361 Å². The number of hydrogen-bond acceptors (Lipinski definition) is 7. The van der Waals surface area contributed by atoms with Crippen molar-refractivity contribution in [2.24, 2.45) is 0 Å². The molecule has 0 radical (unpaired) electrons. The summed E-state index contributed by atoms with van der Waals surface area (Å²) in [4.78, 5) is 41.2. The first-order chi connectivity index (χ1) is 30.1. The van der Waals surface area contributed by atoms with Gasteiger partial charge in [-0.2, -0.15) is 0 Å². The summed E-state index contributed by atoms with van der Waals surface area (Å²) in [6.07, 6.45) is 0.488. The van der Waals surface area contributed by atoms with E-state index in [1.54, 1.807) is 25.7 Å². The van der Waals surface area contributed by atoms with Gasteiger partial charge in [-0.05, 0) is 89.1 Å². The number of nitrogens with zero attached hydrogens (tertiary/aromatic N) is 5. The van der Waals surface area contributed by atoms with Crippen LogP contribution < -0.4 is 15.5 Å². The minimum absolute atomic E-state index is 0.0109. The smallest absolute Gasteiger partial charge is 0.407 e. The number of ether oxygens (including phenoxy) is 1. The average Bonchev–Trinajstić information content (AvgIpc) is 3.73. The summed E-state index contributed by atoms with van der Waals surface area (Å²) >= 11 is 0. The van der Waals surface area contributed by atoms with E-state index in [-0.39, 0.29) is 24.8 Å². The quantitative estimate of drug-likeness (QED) is 0.118. The monoisotopic (exact) mass is 823 g/mol. The molecule has 1 aromatic heterocycles. The Bertz CT molecular complexity index is 2550. The second-order valence-corrected chi connectivity index (χ2v) is 16.4. The highest BCUT2D eigenvalue weighted by Crippen LogP contribution is 2.43. The SMILES string of the molecule is CC(C)(C)OC(=O)NCCC(=O)N[C@@H]1CCc2ccccc2N(Cc2ccc(-c3ccccc3-c3nnnn3C(c3ccccc3)(c3ccccc3)c3ccccc3)cc2)C1=O. The summed E-state index contributed by atoms with van der Waals surface area (Å²) in [5.41, 5.74) is 6.99. The van der Waals surface area contributed by atoms with Gasteiger partial charge in [0, 0.05) is 24.2 Å². The average molecular weight is 824 g/mol. The highest BCUT2D eigenvalue weighted by Gasteiger charge is 2.42. The fourth-order valence-electron chi connectivity index (χ4n) is 8.26. The number of anilines is 1.